The summed E-state index contributed by atoms with van der Waals surface area (Å²) in [6, 6.07) is 14.8. The summed E-state index contributed by atoms with van der Waals surface area (Å²) in [4.78, 5) is 14.3. The SMILES string of the molecule is COC(=O)c1cc(OC(=S)N(C)C)c2cc(-c3ccc(OC)c(C45CC6CC(CC(C6)C4)C5)c3)ccc2c1C. The number of nitrogens with zero attached hydrogens (tertiary/aromatic N) is 1. The maximum absolute atomic E-state index is 12.6. The lowest BCUT2D eigenvalue weighted by atomic mass is 9.48. The minimum Gasteiger partial charge on any atom is -0.496 e. The number of thiocarbonyl (C=S) groups is 1. The van der Waals surface area contributed by atoms with Gasteiger partial charge in [0.25, 0.3) is 5.17 Å². The molecule has 6 heteroatoms. The molecule has 0 amide bonds. The van der Waals surface area contributed by atoms with Crippen LogP contribution >= 0.6 is 12.2 Å². The molecule has 7 rings (SSSR count). The second-order valence-corrected chi connectivity index (χ2v) is 12.5. The fourth-order valence-corrected chi connectivity index (χ4v) is 8.14. The standard InChI is InChI=1S/C33H37NO4S/c1-19-25-8-6-23(13-27(25)30(38-32(39)34(2)3)15-26(19)31(35)37-5)24-7-9-29(36-4)28(14-24)33-16-20-10-21(17-33)12-22(11-20)18-33/h6-9,13-15,20-22H,10-12,16-18H2,1-5H3. The van der Waals surface area contributed by atoms with E-state index >= 15 is 0 Å². The highest BCUT2D eigenvalue weighted by Gasteiger charge is 2.52. The maximum atomic E-state index is 12.6. The average molecular weight is 544 g/mol. The number of ether oxygens (including phenoxy) is 3. The molecule has 0 heterocycles. The van der Waals surface area contributed by atoms with E-state index in [2.05, 4.69) is 36.4 Å². The molecule has 4 aliphatic rings. The van der Waals surface area contributed by atoms with Crippen LogP contribution in [-0.2, 0) is 10.2 Å². The van der Waals surface area contributed by atoms with Crippen molar-refractivity contribution in [2.45, 2.75) is 50.9 Å². The van der Waals surface area contributed by atoms with Gasteiger partial charge in [-0.1, -0.05) is 18.2 Å². The molecule has 0 atom stereocenters. The number of rotatable bonds is 5. The molecule has 0 N–H and O–H groups in total. The van der Waals surface area contributed by atoms with Crippen molar-refractivity contribution in [3.8, 4) is 22.6 Å². The molecule has 0 aliphatic heterocycles. The van der Waals surface area contributed by atoms with Gasteiger partial charge in [0.1, 0.15) is 11.5 Å². The van der Waals surface area contributed by atoms with E-state index < -0.39 is 5.97 Å². The Morgan fingerprint density at radius 2 is 1.49 bits per heavy atom. The zero-order valence-corrected chi connectivity index (χ0v) is 24.3. The third-order valence-electron chi connectivity index (χ3n) is 9.48. The first-order valence-electron chi connectivity index (χ1n) is 13.9. The predicted molar refractivity (Wildman–Crippen MR) is 159 cm³/mol. The smallest absolute Gasteiger partial charge is 0.338 e. The summed E-state index contributed by atoms with van der Waals surface area (Å²) in [5, 5.41) is 2.18. The van der Waals surface area contributed by atoms with Crippen LogP contribution in [0.25, 0.3) is 21.9 Å². The molecule has 0 aromatic heterocycles. The first-order valence-corrected chi connectivity index (χ1v) is 14.4. The van der Waals surface area contributed by atoms with Crippen LogP contribution in [-0.4, -0.2) is 44.4 Å². The zero-order valence-electron chi connectivity index (χ0n) is 23.5. The van der Waals surface area contributed by atoms with E-state index in [4.69, 9.17) is 26.4 Å². The number of hydrogen-bond donors (Lipinski definition) is 0. The molecule has 4 aliphatic carbocycles. The van der Waals surface area contributed by atoms with Crippen LogP contribution in [0.4, 0.5) is 0 Å². The van der Waals surface area contributed by atoms with Gasteiger partial charge in [0, 0.05) is 25.0 Å². The number of carbonyl (C=O) groups is 1. The average Bonchev–Trinajstić information content (AvgIpc) is 2.92. The highest BCUT2D eigenvalue weighted by molar-refractivity contribution is 7.80. The van der Waals surface area contributed by atoms with Gasteiger partial charge in [0.15, 0.2) is 0 Å². The molecular formula is C33H37NO4S. The van der Waals surface area contributed by atoms with Gasteiger partial charge in [0.2, 0.25) is 0 Å². The van der Waals surface area contributed by atoms with Crippen molar-refractivity contribution in [2.24, 2.45) is 17.8 Å². The van der Waals surface area contributed by atoms with Crippen LogP contribution in [0, 0.1) is 24.7 Å². The number of fused-ring (bicyclic) bond motifs is 1. The summed E-state index contributed by atoms with van der Waals surface area (Å²) in [5.74, 6) is 3.74. The summed E-state index contributed by atoms with van der Waals surface area (Å²) in [7, 11) is 6.88. The summed E-state index contributed by atoms with van der Waals surface area (Å²) in [6.07, 6.45) is 8.09. The molecule has 39 heavy (non-hydrogen) atoms. The Balaban J connectivity index is 1.47. The van der Waals surface area contributed by atoms with Crippen LogP contribution in [0.2, 0.25) is 0 Å². The molecular weight excluding hydrogens is 506 g/mol. The fraction of sp³-hybridized carbons (Fsp3) is 0.455. The zero-order chi connectivity index (χ0) is 27.5. The van der Waals surface area contributed by atoms with E-state index in [1.54, 1.807) is 18.1 Å². The van der Waals surface area contributed by atoms with Crippen LogP contribution in [0.1, 0.15) is 60.0 Å². The van der Waals surface area contributed by atoms with Crippen molar-refractivity contribution in [3.63, 3.8) is 0 Å². The Bertz CT molecular complexity index is 1440. The second-order valence-electron chi connectivity index (χ2n) is 12.2. The van der Waals surface area contributed by atoms with Gasteiger partial charge in [-0.05, 0) is 127 Å². The van der Waals surface area contributed by atoms with Crippen molar-refractivity contribution < 1.29 is 19.0 Å². The second kappa shape index (κ2) is 9.81. The Labute approximate surface area is 236 Å². The number of methoxy groups -OCH3 is 2. The van der Waals surface area contributed by atoms with Gasteiger partial charge in [-0.3, -0.25) is 0 Å². The lowest BCUT2D eigenvalue weighted by Gasteiger charge is -2.57. The lowest BCUT2D eigenvalue weighted by molar-refractivity contribution is -0.00613. The van der Waals surface area contributed by atoms with Crippen molar-refractivity contribution >= 4 is 34.1 Å². The number of carbonyl (C=O) groups excluding carboxylic acids is 1. The molecule has 3 aromatic rings. The van der Waals surface area contributed by atoms with Crippen LogP contribution in [0.5, 0.6) is 11.5 Å². The molecule has 3 aromatic carbocycles. The van der Waals surface area contributed by atoms with Gasteiger partial charge in [-0.15, -0.1) is 0 Å². The highest BCUT2D eigenvalue weighted by atomic mass is 32.1. The Kier molecular flexibility index (Phi) is 6.57. The molecule has 204 valence electrons. The fourth-order valence-electron chi connectivity index (χ4n) is 8.05. The number of aryl methyl sites for hydroxylation is 1. The largest absolute Gasteiger partial charge is 0.496 e. The highest BCUT2D eigenvalue weighted by Crippen LogP contribution is 2.62. The van der Waals surface area contributed by atoms with Crippen molar-refractivity contribution in [1.29, 1.82) is 0 Å². The Morgan fingerprint density at radius 3 is 2.08 bits per heavy atom. The van der Waals surface area contributed by atoms with Crippen molar-refractivity contribution in [3.05, 3.63) is 59.2 Å². The molecule has 5 nitrogen and oxygen atoms in total. The van der Waals surface area contributed by atoms with Crippen molar-refractivity contribution in [2.75, 3.05) is 28.3 Å². The molecule has 4 fully saturated rings. The van der Waals surface area contributed by atoms with E-state index in [0.29, 0.717) is 16.5 Å². The van der Waals surface area contributed by atoms with Crippen LogP contribution in [0.3, 0.4) is 0 Å². The van der Waals surface area contributed by atoms with Gasteiger partial charge < -0.3 is 19.1 Å². The normalized spacial score (nSPS) is 25.0. The van der Waals surface area contributed by atoms with Gasteiger partial charge in [0.05, 0.1) is 19.8 Å². The summed E-state index contributed by atoms with van der Waals surface area (Å²) >= 11 is 5.46. The predicted octanol–water partition coefficient (Wildman–Crippen LogP) is 7.30. The Morgan fingerprint density at radius 1 is 0.872 bits per heavy atom. The van der Waals surface area contributed by atoms with Crippen LogP contribution < -0.4 is 9.47 Å². The minimum absolute atomic E-state index is 0.227. The quantitative estimate of drug-likeness (QED) is 0.249. The third kappa shape index (κ3) is 4.47. The van der Waals surface area contributed by atoms with Gasteiger partial charge in [-0.25, -0.2) is 4.79 Å². The number of hydrogen-bond acceptors (Lipinski definition) is 5. The van der Waals surface area contributed by atoms with E-state index in [1.807, 2.05) is 21.0 Å². The maximum Gasteiger partial charge on any atom is 0.338 e. The first-order chi connectivity index (χ1) is 18.7. The van der Waals surface area contributed by atoms with E-state index in [0.717, 1.165) is 45.4 Å². The first kappa shape index (κ1) is 26.1. The summed E-state index contributed by atoms with van der Waals surface area (Å²) in [6.45, 7) is 1.95. The number of esters is 1. The summed E-state index contributed by atoms with van der Waals surface area (Å²) in [5.41, 5.74) is 5.20. The molecule has 0 spiro atoms. The molecule has 0 saturated heterocycles. The third-order valence-corrected chi connectivity index (χ3v) is 9.93. The van der Waals surface area contributed by atoms with E-state index in [9.17, 15) is 4.79 Å². The molecule has 0 radical (unpaired) electrons. The topological polar surface area (TPSA) is 48.0 Å². The van der Waals surface area contributed by atoms with Gasteiger partial charge in [-0.2, -0.15) is 0 Å². The molecule has 0 unspecified atom stereocenters. The number of benzene rings is 3. The van der Waals surface area contributed by atoms with E-state index in [-0.39, 0.29) is 5.41 Å². The lowest BCUT2D eigenvalue weighted by Crippen LogP contribution is -2.48. The summed E-state index contributed by atoms with van der Waals surface area (Å²) < 4.78 is 17.1. The van der Waals surface area contributed by atoms with Crippen molar-refractivity contribution in [1.82, 2.24) is 4.90 Å². The van der Waals surface area contributed by atoms with Gasteiger partial charge >= 0.3 is 5.97 Å². The molecule has 4 bridgehead atoms. The minimum atomic E-state index is -0.394. The monoisotopic (exact) mass is 543 g/mol. The Hall–Kier alpha value is -3.12. The molecule has 4 saturated carbocycles. The van der Waals surface area contributed by atoms with E-state index in [1.165, 1.54) is 56.8 Å². The van der Waals surface area contributed by atoms with Crippen LogP contribution in [0.15, 0.2) is 42.5 Å².